The third-order valence-electron chi connectivity index (χ3n) is 5.05. The molecule has 1 aromatic rings. The minimum absolute atomic E-state index is 0.0355. The van der Waals surface area contributed by atoms with Gasteiger partial charge in [0.25, 0.3) is 10.0 Å². The number of piperazine rings is 1. The van der Waals surface area contributed by atoms with E-state index in [1.807, 2.05) is 6.92 Å². The number of likely N-dealkylation sites (N-methyl/N-ethyl adjacent to an activating group) is 1. The van der Waals surface area contributed by atoms with E-state index in [4.69, 9.17) is 9.15 Å². The quantitative estimate of drug-likeness (QED) is 0.580. The monoisotopic (exact) mass is 413 g/mol. The number of hydrogen-bond acceptors (Lipinski definition) is 7. The first-order chi connectivity index (χ1) is 13.4. The predicted molar refractivity (Wildman–Crippen MR) is 100 cm³/mol. The maximum Gasteiger partial charge on any atom is 0.374 e. The van der Waals surface area contributed by atoms with Gasteiger partial charge in [-0.05, 0) is 38.4 Å². The highest BCUT2D eigenvalue weighted by Gasteiger charge is 2.34. The van der Waals surface area contributed by atoms with Crippen LogP contribution in [-0.4, -0.2) is 86.3 Å². The van der Waals surface area contributed by atoms with Gasteiger partial charge in [0.05, 0.1) is 13.2 Å². The van der Waals surface area contributed by atoms with Crippen LogP contribution in [0.2, 0.25) is 0 Å². The molecule has 0 aromatic carbocycles. The first-order valence-corrected chi connectivity index (χ1v) is 11.1. The molecule has 1 aromatic heterocycles. The molecule has 2 fully saturated rings. The summed E-state index contributed by atoms with van der Waals surface area (Å²) in [5.74, 6) is -0.808. The van der Waals surface area contributed by atoms with Crippen LogP contribution in [0.5, 0.6) is 0 Å². The Morgan fingerprint density at radius 1 is 1.18 bits per heavy atom. The van der Waals surface area contributed by atoms with Gasteiger partial charge in [-0.3, -0.25) is 9.69 Å². The second-order valence-electron chi connectivity index (χ2n) is 6.92. The largest absolute Gasteiger partial charge is 0.460 e. The van der Waals surface area contributed by atoms with E-state index in [0.717, 1.165) is 19.4 Å². The average molecular weight is 413 g/mol. The van der Waals surface area contributed by atoms with E-state index >= 15 is 0 Å². The van der Waals surface area contributed by atoms with E-state index in [1.54, 1.807) is 11.8 Å². The van der Waals surface area contributed by atoms with Gasteiger partial charge >= 0.3 is 5.97 Å². The van der Waals surface area contributed by atoms with Crippen molar-refractivity contribution in [2.24, 2.45) is 0 Å². The van der Waals surface area contributed by atoms with Gasteiger partial charge in [0.1, 0.15) is 0 Å². The minimum atomic E-state index is -3.86. The topological polar surface area (TPSA) is 100 Å². The molecule has 156 valence electrons. The normalized spacial score (nSPS) is 18.5. The van der Waals surface area contributed by atoms with Crippen LogP contribution in [-0.2, 0) is 19.6 Å². The van der Waals surface area contributed by atoms with Crippen molar-refractivity contribution in [2.45, 2.75) is 37.8 Å². The zero-order valence-electron chi connectivity index (χ0n) is 16.3. The molecule has 1 amide bonds. The molecule has 28 heavy (non-hydrogen) atoms. The number of carbonyl (C=O) groups is 2. The fraction of sp³-hybridized carbons (Fsp3) is 0.667. The molecule has 0 N–H and O–H groups in total. The van der Waals surface area contributed by atoms with Crippen LogP contribution in [0.25, 0.3) is 0 Å². The zero-order valence-corrected chi connectivity index (χ0v) is 17.1. The summed E-state index contributed by atoms with van der Waals surface area (Å²) in [6.45, 7) is 6.16. The van der Waals surface area contributed by atoms with Gasteiger partial charge in [0.15, 0.2) is 0 Å². The number of ether oxygens (including phenoxy) is 1. The van der Waals surface area contributed by atoms with E-state index in [1.165, 1.54) is 16.4 Å². The molecule has 0 atom stereocenters. The van der Waals surface area contributed by atoms with Crippen molar-refractivity contribution in [1.29, 1.82) is 0 Å². The molecule has 1 aliphatic carbocycles. The lowest BCUT2D eigenvalue weighted by atomic mass is 10.3. The van der Waals surface area contributed by atoms with E-state index in [2.05, 4.69) is 4.90 Å². The Morgan fingerprint density at radius 2 is 1.86 bits per heavy atom. The van der Waals surface area contributed by atoms with Crippen molar-refractivity contribution in [3.8, 4) is 0 Å². The third kappa shape index (κ3) is 4.56. The molecule has 1 saturated heterocycles. The van der Waals surface area contributed by atoms with Crippen molar-refractivity contribution >= 4 is 21.9 Å². The van der Waals surface area contributed by atoms with Gasteiger partial charge in [-0.15, -0.1) is 0 Å². The Labute approximate surface area is 165 Å². The summed E-state index contributed by atoms with van der Waals surface area (Å²) in [6.07, 6.45) is 2.29. The first-order valence-electron chi connectivity index (χ1n) is 9.65. The number of nitrogens with zero attached hydrogens (tertiary/aromatic N) is 3. The van der Waals surface area contributed by atoms with Gasteiger partial charge in [-0.25, -0.2) is 13.2 Å². The molecular formula is C18H27N3O6S. The SMILES string of the molecule is CCOC(=O)c1ccc(S(=O)(=O)N2CCN(C(=O)CN(CC)C3CC3)CC2)o1. The second-order valence-corrected chi connectivity index (χ2v) is 8.79. The van der Waals surface area contributed by atoms with Gasteiger partial charge < -0.3 is 14.1 Å². The van der Waals surface area contributed by atoms with Gasteiger partial charge in [-0.2, -0.15) is 4.31 Å². The van der Waals surface area contributed by atoms with E-state index in [0.29, 0.717) is 25.7 Å². The summed E-state index contributed by atoms with van der Waals surface area (Å²) in [7, 11) is -3.86. The van der Waals surface area contributed by atoms with Gasteiger partial charge in [-0.1, -0.05) is 6.92 Å². The Kier molecular flexibility index (Phi) is 6.41. The molecule has 1 saturated carbocycles. The second kappa shape index (κ2) is 8.62. The highest BCUT2D eigenvalue weighted by atomic mass is 32.2. The van der Waals surface area contributed by atoms with E-state index in [-0.39, 0.29) is 36.5 Å². The molecule has 0 bridgehead atoms. The highest BCUT2D eigenvalue weighted by Crippen LogP contribution is 2.26. The van der Waals surface area contributed by atoms with Crippen LogP contribution in [0.4, 0.5) is 0 Å². The number of rotatable bonds is 8. The fourth-order valence-electron chi connectivity index (χ4n) is 3.29. The maximum absolute atomic E-state index is 12.7. The van der Waals surface area contributed by atoms with E-state index in [9.17, 15) is 18.0 Å². The van der Waals surface area contributed by atoms with Crippen LogP contribution in [0.15, 0.2) is 21.6 Å². The highest BCUT2D eigenvalue weighted by molar-refractivity contribution is 7.89. The molecule has 3 rings (SSSR count). The van der Waals surface area contributed by atoms with Gasteiger partial charge in [0.2, 0.25) is 16.8 Å². The average Bonchev–Trinajstić information content (AvgIpc) is 3.40. The van der Waals surface area contributed by atoms with Crippen LogP contribution >= 0.6 is 0 Å². The molecule has 0 radical (unpaired) electrons. The van der Waals surface area contributed by atoms with Crippen LogP contribution in [0, 0.1) is 0 Å². The number of hydrogen-bond donors (Lipinski definition) is 0. The van der Waals surface area contributed by atoms with Gasteiger partial charge in [0, 0.05) is 32.2 Å². The standard InChI is InChI=1S/C18H27N3O6S/c1-3-19(14-5-6-14)13-16(22)20-9-11-21(12-10-20)28(24,25)17-8-7-15(27-17)18(23)26-4-2/h7-8,14H,3-6,9-13H2,1-2H3. The van der Waals surface area contributed by atoms with E-state index < -0.39 is 16.0 Å². The van der Waals surface area contributed by atoms with Crippen molar-refractivity contribution in [1.82, 2.24) is 14.1 Å². The summed E-state index contributed by atoms with van der Waals surface area (Å²) in [4.78, 5) is 28.1. The number of furan rings is 1. The number of amides is 1. The lowest BCUT2D eigenvalue weighted by Gasteiger charge is -2.34. The molecule has 0 spiro atoms. The molecule has 0 unspecified atom stereocenters. The maximum atomic E-state index is 12.7. The predicted octanol–water partition coefficient (Wildman–Crippen LogP) is 0.774. The molecule has 2 heterocycles. The molecule has 2 aliphatic rings. The van der Waals surface area contributed by atoms with Crippen molar-refractivity contribution < 1.29 is 27.2 Å². The summed E-state index contributed by atoms with van der Waals surface area (Å²) in [5.41, 5.74) is 0. The van der Waals surface area contributed by atoms with Crippen LogP contribution in [0.3, 0.4) is 0 Å². The fourth-order valence-corrected chi connectivity index (χ4v) is 4.62. The number of carbonyl (C=O) groups excluding carboxylic acids is 2. The summed E-state index contributed by atoms with van der Waals surface area (Å²) < 4.78 is 36.8. The first kappa shape index (κ1) is 20.8. The Balaban J connectivity index is 1.57. The third-order valence-corrected chi connectivity index (χ3v) is 6.82. The molecular weight excluding hydrogens is 386 g/mol. The Bertz CT molecular complexity index is 809. The Morgan fingerprint density at radius 3 is 2.43 bits per heavy atom. The smallest absolute Gasteiger partial charge is 0.374 e. The van der Waals surface area contributed by atoms with Crippen LogP contribution in [0.1, 0.15) is 37.2 Å². The molecule has 10 heteroatoms. The zero-order chi connectivity index (χ0) is 20.3. The lowest BCUT2D eigenvalue weighted by molar-refractivity contribution is -0.133. The Hall–Kier alpha value is -1.91. The minimum Gasteiger partial charge on any atom is -0.460 e. The van der Waals surface area contributed by atoms with Crippen molar-refractivity contribution in [3.63, 3.8) is 0 Å². The number of esters is 1. The summed E-state index contributed by atoms with van der Waals surface area (Å²) in [5, 5.41) is -0.291. The summed E-state index contributed by atoms with van der Waals surface area (Å²) >= 11 is 0. The summed E-state index contributed by atoms with van der Waals surface area (Å²) in [6, 6.07) is 3.07. The number of sulfonamides is 1. The van der Waals surface area contributed by atoms with Crippen molar-refractivity contribution in [2.75, 3.05) is 45.9 Å². The lowest BCUT2D eigenvalue weighted by Crippen LogP contribution is -2.52. The molecule has 9 nitrogen and oxygen atoms in total. The van der Waals surface area contributed by atoms with Crippen molar-refractivity contribution in [3.05, 3.63) is 17.9 Å². The molecule has 1 aliphatic heterocycles. The van der Waals surface area contributed by atoms with Crippen LogP contribution < -0.4 is 0 Å².